The quantitative estimate of drug-likeness (QED) is 0.186. The molecule has 8 nitrogen and oxygen atoms in total. The van der Waals surface area contributed by atoms with Crippen molar-refractivity contribution in [2.24, 2.45) is 22.7 Å². The molecule has 0 aromatic carbocycles. The van der Waals surface area contributed by atoms with E-state index in [1.54, 1.807) is 27.7 Å². The SMILES string of the molecule is CC(=O)O[C@H]1C2[C@](C)([C@H](O)C(=O)C3=C(C)[C@@H]([O-])C[C@]1(O)C3(C)C)[C@@H](C)C[C@H]1OC[C@@]21O.[Ac].[Ac].[Li+]. The van der Waals surface area contributed by atoms with Crippen LogP contribution in [0, 0.1) is 111 Å². The van der Waals surface area contributed by atoms with Gasteiger partial charge in [-0.25, -0.2) is 0 Å². The molecule has 2 radical (unpaired) electrons. The minimum Gasteiger partial charge on any atom is -0.849 e. The van der Waals surface area contributed by atoms with Gasteiger partial charge in [-0.1, -0.05) is 33.3 Å². The Morgan fingerprint density at radius 3 is 2.24 bits per heavy atom. The van der Waals surface area contributed by atoms with Gasteiger partial charge in [-0.2, -0.15) is 0 Å². The van der Waals surface area contributed by atoms with Gasteiger partial charge in [0.15, 0.2) is 5.78 Å². The maximum atomic E-state index is 13.7. The number of esters is 1. The number of aliphatic hydroxyl groups is 3. The number of hydrogen-bond acceptors (Lipinski definition) is 8. The first-order valence-corrected chi connectivity index (χ1v) is 11.0. The molecule has 0 spiro atoms. The van der Waals surface area contributed by atoms with E-state index in [2.05, 4.69) is 0 Å². The molecule has 1 saturated heterocycles. The van der Waals surface area contributed by atoms with Crippen LogP contribution >= 0.6 is 0 Å². The zero-order valence-corrected chi connectivity index (χ0v) is 30.6. The summed E-state index contributed by atoms with van der Waals surface area (Å²) in [6.07, 6.45) is -4.71. The summed E-state index contributed by atoms with van der Waals surface area (Å²) in [5.41, 5.74) is -5.58. The van der Waals surface area contributed by atoms with Crippen LogP contribution in [0.3, 0.4) is 0 Å². The largest absolute Gasteiger partial charge is 1.00 e. The second kappa shape index (κ2) is 11.0. The number of aliphatic hydroxyl groups excluding tert-OH is 1. The number of Topliss-reactive ketones (excluding diaryl/α,β-unsaturated/α-hetero) is 1. The first-order chi connectivity index (χ1) is 14.1. The van der Waals surface area contributed by atoms with Crippen molar-refractivity contribution in [1.82, 2.24) is 0 Å². The number of ether oxygens (including phenoxy) is 2. The van der Waals surface area contributed by atoms with Gasteiger partial charge < -0.3 is 29.9 Å². The number of carbonyl (C=O) groups is 2. The molecule has 180 valence electrons. The van der Waals surface area contributed by atoms with E-state index in [4.69, 9.17) is 9.47 Å². The summed E-state index contributed by atoms with van der Waals surface area (Å²) in [4.78, 5) is 25.9. The summed E-state index contributed by atoms with van der Waals surface area (Å²) >= 11 is 0. The molecule has 4 rings (SSSR count). The zero-order chi connectivity index (χ0) is 23.3. The van der Waals surface area contributed by atoms with Gasteiger partial charge in [0.2, 0.25) is 0 Å². The van der Waals surface area contributed by atoms with Gasteiger partial charge in [0.05, 0.1) is 12.7 Å². The monoisotopic (exact) mass is 898 g/mol. The average Bonchev–Trinajstić information content (AvgIpc) is 2.66. The Labute approximate surface area is 284 Å². The van der Waals surface area contributed by atoms with Crippen molar-refractivity contribution in [3.05, 3.63) is 11.1 Å². The van der Waals surface area contributed by atoms with Crippen molar-refractivity contribution in [2.75, 3.05) is 6.61 Å². The summed E-state index contributed by atoms with van der Waals surface area (Å²) in [5.74, 6) is -2.59. The molecule has 2 bridgehead atoms. The van der Waals surface area contributed by atoms with Crippen LogP contribution < -0.4 is 24.0 Å². The molecule has 11 heteroatoms. The Morgan fingerprint density at radius 1 is 1.21 bits per heavy atom. The van der Waals surface area contributed by atoms with Crippen LogP contribution in [0.4, 0.5) is 0 Å². The maximum absolute atomic E-state index is 13.7. The molecular weight excluding hydrogens is 865 g/mol. The third kappa shape index (κ3) is 4.42. The number of fused-ring (bicyclic) bond motifs is 5. The van der Waals surface area contributed by atoms with Crippen LogP contribution in [0.15, 0.2) is 11.1 Å². The minimum atomic E-state index is -1.92. The summed E-state index contributed by atoms with van der Waals surface area (Å²) in [6.45, 7) is 9.53. The molecule has 4 aliphatic rings. The summed E-state index contributed by atoms with van der Waals surface area (Å²) in [7, 11) is 0. The van der Waals surface area contributed by atoms with Gasteiger partial charge in [0, 0.05) is 117 Å². The normalized spacial score (nSPS) is 46.6. The fourth-order valence-electron chi connectivity index (χ4n) is 6.96. The molecule has 1 heterocycles. The van der Waals surface area contributed by atoms with Crippen LogP contribution in [0.2, 0.25) is 0 Å². The van der Waals surface area contributed by atoms with E-state index >= 15 is 0 Å². The maximum Gasteiger partial charge on any atom is 1.00 e. The second-order valence-corrected chi connectivity index (χ2v) is 10.9. The van der Waals surface area contributed by atoms with Crippen LogP contribution in [-0.4, -0.2) is 69.3 Å². The van der Waals surface area contributed by atoms with Gasteiger partial charge in [0.25, 0.3) is 0 Å². The third-order valence-electron chi connectivity index (χ3n) is 9.14. The second-order valence-electron chi connectivity index (χ2n) is 10.9. The van der Waals surface area contributed by atoms with E-state index in [0.29, 0.717) is 6.42 Å². The Morgan fingerprint density at radius 2 is 1.76 bits per heavy atom. The standard InChI is InChI=1S/C23H33O8.2Ac.Li/c1-10-7-14-22(28,9-30-14)17-19(31-12(3)24)23(29)8-13(25)11(2)15(20(23,4)5)16(26)18(27)21(10,17)6;;;/h10,13-14,17-19,27-29H,7-9H2,1-6H3;;;/q-1;;;+1/t10-,13-,14+,17?,18+,19-,21+,22-,23+;;;/m0.../s1. The molecule has 0 aromatic heterocycles. The molecule has 3 fully saturated rings. The predicted molar refractivity (Wildman–Crippen MR) is 106 cm³/mol. The van der Waals surface area contributed by atoms with Gasteiger partial charge in [-0.3, -0.25) is 9.59 Å². The first kappa shape index (κ1) is 34.2. The van der Waals surface area contributed by atoms with E-state index in [-0.39, 0.29) is 137 Å². The molecular formula is C23H33Ac2LiO8. The molecule has 1 unspecified atom stereocenters. The third-order valence-corrected chi connectivity index (χ3v) is 9.14. The van der Waals surface area contributed by atoms with E-state index in [1.807, 2.05) is 6.92 Å². The molecule has 0 aromatic rings. The van der Waals surface area contributed by atoms with Gasteiger partial charge in [-0.15, -0.1) is 6.10 Å². The molecule has 1 aliphatic heterocycles. The van der Waals surface area contributed by atoms with Crippen LogP contribution in [0.1, 0.15) is 54.4 Å². The predicted octanol–water partition coefficient (Wildman–Crippen LogP) is -3.14. The number of carbonyl (C=O) groups excluding carboxylic acids is 2. The van der Waals surface area contributed by atoms with Crippen LogP contribution in [0.25, 0.3) is 0 Å². The molecule has 3 N–H and O–H groups in total. The summed E-state index contributed by atoms with van der Waals surface area (Å²) in [5, 5.41) is 48.3. The number of rotatable bonds is 1. The van der Waals surface area contributed by atoms with E-state index in [1.165, 1.54) is 6.92 Å². The molecule has 2 saturated carbocycles. The van der Waals surface area contributed by atoms with Crippen molar-refractivity contribution in [3.8, 4) is 0 Å². The minimum absolute atomic E-state index is 0. The fraction of sp³-hybridized carbons (Fsp3) is 0.826. The Kier molecular flexibility index (Phi) is 11.0. The van der Waals surface area contributed by atoms with Crippen LogP contribution in [0.5, 0.6) is 0 Å². The molecule has 3 aliphatic carbocycles. The topological polar surface area (TPSA) is 136 Å². The van der Waals surface area contributed by atoms with E-state index in [0.717, 1.165) is 0 Å². The van der Waals surface area contributed by atoms with Gasteiger partial charge in [0.1, 0.15) is 23.4 Å². The van der Waals surface area contributed by atoms with Gasteiger partial charge in [-0.05, 0) is 25.7 Å². The first-order valence-electron chi connectivity index (χ1n) is 11.0. The fourth-order valence-corrected chi connectivity index (χ4v) is 6.96. The van der Waals surface area contributed by atoms with Crippen molar-refractivity contribution < 1.29 is 146 Å². The number of hydrogen-bond donors (Lipinski definition) is 3. The Balaban J connectivity index is 0.00000193. The zero-order valence-electron chi connectivity index (χ0n) is 21.1. The molecule has 9 atom stereocenters. The summed E-state index contributed by atoms with van der Waals surface area (Å²) < 4.78 is 11.3. The molecule has 34 heavy (non-hydrogen) atoms. The molecule has 0 amide bonds. The Bertz CT molecular complexity index is 881. The van der Waals surface area contributed by atoms with Gasteiger partial charge >= 0.3 is 24.8 Å². The smallest absolute Gasteiger partial charge is 0.849 e. The van der Waals surface area contributed by atoms with E-state index < -0.39 is 64.1 Å². The van der Waals surface area contributed by atoms with E-state index in [9.17, 15) is 30.0 Å². The average molecular weight is 898 g/mol. The number of ketones is 1. The van der Waals surface area contributed by atoms with Crippen molar-refractivity contribution in [2.45, 2.75) is 90.0 Å². The van der Waals surface area contributed by atoms with Crippen LogP contribution in [-0.2, 0) is 19.1 Å². The Hall–Kier alpha value is 2.16. The summed E-state index contributed by atoms with van der Waals surface area (Å²) in [6, 6.07) is 0. The van der Waals surface area contributed by atoms with Crippen molar-refractivity contribution in [3.63, 3.8) is 0 Å². The van der Waals surface area contributed by atoms with Crippen molar-refractivity contribution in [1.29, 1.82) is 0 Å². The van der Waals surface area contributed by atoms with Crippen molar-refractivity contribution >= 4 is 11.8 Å².